The van der Waals surface area contributed by atoms with E-state index < -0.39 is 0 Å². The summed E-state index contributed by atoms with van der Waals surface area (Å²) in [6.45, 7) is 0.190. The van der Waals surface area contributed by atoms with Gasteiger partial charge in [-0.2, -0.15) is 0 Å². The molecule has 2 N–H and O–H groups in total. The number of hydrogen-bond donors (Lipinski definition) is 2. The zero-order valence-corrected chi connectivity index (χ0v) is 12.1. The Morgan fingerprint density at radius 1 is 1.14 bits per heavy atom. The third-order valence-electron chi connectivity index (χ3n) is 2.88. The lowest BCUT2D eigenvalue weighted by atomic mass is 10.1. The average Bonchev–Trinajstić information content (AvgIpc) is 2.59. The summed E-state index contributed by atoms with van der Waals surface area (Å²) in [6.07, 6.45) is 3.09. The molecule has 2 rings (SSSR count). The first-order valence-corrected chi connectivity index (χ1v) is 6.70. The first-order valence-electron chi connectivity index (χ1n) is 6.70. The van der Waals surface area contributed by atoms with Gasteiger partial charge in [-0.3, -0.25) is 14.6 Å². The molecule has 0 aliphatic carbocycles. The van der Waals surface area contributed by atoms with Gasteiger partial charge in [0, 0.05) is 25.0 Å². The van der Waals surface area contributed by atoms with Crippen LogP contribution in [0.15, 0.2) is 48.8 Å². The van der Waals surface area contributed by atoms with Crippen LogP contribution in [0.2, 0.25) is 0 Å². The van der Waals surface area contributed by atoms with E-state index in [4.69, 9.17) is 0 Å². The Balaban J connectivity index is 2.00. The number of benzene rings is 1. The second-order valence-electron chi connectivity index (χ2n) is 4.35. The van der Waals surface area contributed by atoms with E-state index in [1.165, 1.54) is 6.20 Å². The van der Waals surface area contributed by atoms with Crippen molar-refractivity contribution in [3.05, 3.63) is 65.5 Å². The van der Waals surface area contributed by atoms with E-state index in [1.807, 2.05) is 6.07 Å². The van der Waals surface area contributed by atoms with Crippen molar-refractivity contribution in [2.24, 2.45) is 0 Å². The molecular weight excluding hydrogens is 278 g/mol. The molecule has 2 aromatic rings. The van der Waals surface area contributed by atoms with Crippen molar-refractivity contribution in [3.8, 4) is 11.8 Å². The summed E-state index contributed by atoms with van der Waals surface area (Å²) in [5.74, 6) is 5.31. The van der Waals surface area contributed by atoms with Gasteiger partial charge in [0.05, 0.1) is 17.7 Å². The van der Waals surface area contributed by atoms with Gasteiger partial charge >= 0.3 is 0 Å². The van der Waals surface area contributed by atoms with Crippen LogP contribution in [0.3, 0.4) is 0 Å². The lowest BCUT2D eigenvalue weighted by Gasteiger charge is -2.02. The molecule has 2 amide bonds. The topological polar surface area (TPSA) is 71.1 Å². The normalized spacial score (nSPS) is 9.32. The summed E-state index contributed by atoms with van der Waals surface area (Å²) in [4.78, 5) is 27.4. The van der Waals surface area contributed by atoms with Gasteiger partial charge in [-0.05, 0) is 24.3 Å². The molecule has 22 heavy (non-hydrogen) atoms. The monoisotopic (exact) mass is 293 g/mol. The van der Waals surface area contributed by atoms with E-state index in [1.54, 1.807) is 43.6 Å². The Morgan fingerprint density at radius 3 is 2.68 bits per heavy atom. The van der Waals surface area contributed by atoms with Crippen molar-refractivity contribution >= 4 is 11.8 Å². The van der Waals surface area contributed by atoms with Gasteiger partial charge in [-0.1, -0.05) is 24.0 Å². The summed E-state index contributed by atoms with van der Waals surface area (Å²) >= 11 is 0. The summed E-state index contributed by atoms with van der Waals surface area (Å²) in [6, 6.07) is 10.4. The van der Waals surface area contributed by atoms with Crippen LogP contribution < -0.4 is 10.6 Å². The second kappa shape index (κ2) is 7.60. The van der Waals surface area contributed by atoms with Gasteiger partial charge < -0.3 is 10.6 Å². The average molecular weight is 293 g/mol. The van der Waals surface area contributed by atoms with Gasteiger partial charge in [0.2, 0.25) is 0 Å². The quantitative estimate of drug-likeness (QED) is 0.836. The molecule has 0 fully saturated rings. The van der Waals surface area contributed by atoms with Gasteiger partial charge in [0.1, 0.15) is 0 Å². The van der Waals surface area contributed by atoms with E-state index in [-0.39, 0.29) is 18.4 Å². The molecule has 0 atom stereocenters. The number of amides is 2. The minimum atomic E-state index is -0.234. The third kappa shape index (κ3) is 3.93. The minimum Gasteiger partial charge on any atom is -0.355 e. The van der Waals surface area contributed by atoms with Crippen LogP contribution in [0.1, 0.15) is 26.3 Å². The van der Waals surface area contributed by atoms with Crippen molar-refractivity contribution in [2.45, 2.75) is 0 Å². The van der Waals surface area contributed by atoms with Crippen LogP contribution >= 0.6 is 0 Å². The van der Waals surface area contributed by atoms with E-state index >= 15 is 0 Å². The molecule has 0 saturated heterocycles. The van der Waals surface area contributed by atoms with Gasteiger partial charge in [0.25, 0.3) is 11.8 Å². The van der Waals surface area contributed by atoms with Crippen LogP contribution in [0.25, 0.3) is 0 Å². The highest BCUT2D eigenvalue weighted by Gasteiger charge is 2.06. The van der Waals surface area contributed by atoms with Crippen LogP contribution in [0.5, 0.6) is 0 Å². The molecule has 0 aliphatic heterocycles. The molecule has 0 saturated carbocycles. The Hall–Kier alpha value is -3.13. The van der Waals surface area contributed by atoms with Crippen LogP contribution in [0, 0.1) is 11.8 Å². The molecule has 5 nitrogen and oxygen atoms in total. The Kier molecular flexibility index (Phi) is 5.27. The smallest absolute Gasteiger partial charge is 0.253 e. The molecule has 0 radical (unpaired) electrons. The van der Waals surface area contributed by atoms with Crippen molar-refractivity contribution < 1.29 is 9.59 Å². The number of nitrogens with one attached hydrogen (secondary N) is 2. The van der Waals surface area contributed by atoms with Gasteiger partial charge in [-0.25, -0.2) is 0 Å². The highest BCUT2D eigenvalue weighted by molar-refractivity contribution is 5.96. The number of aromatic nitrogens is 1. The van der Waals surface area contributed by atoms with Crippen molar-refractivity contribution in [1.82, 2.24) is 15.6 Å². The molecule has 0 bridgehead atoms. The predicted molar refractivity (Wildman–Crippen MR) is 83.3 cm³/mol. The predicted octanol–water partition coefficient (Wildman–Crippen LogP) is 1.22. The van der Waals surface area contributed by atoms with Crippen LogP contribution in [-0.4, -0.2) is 30.4 Å². The van der Waals surface area contributed by atoms with E-state index in [0.29, 0.717) is 16.7 Å². The lowest BCUT2D eigenvalue weighted by molar-refractivity contribution is 0.0952. The molecule has 1 aromatic heterocycles. The lowest BCUT2D eigenvalue weighted by Crippen LogP contribution is -2.23. The standard InChI is InChI=1S/C17H15N3O2/c1-18-17(22)15-9-3-2-6-13(15)7-5-11-20-16(21)14-8-4-10-19-12-14/h2-4,6,8-10,12H,11H2,1H3,(H,18,22)(H,20,21). The molecule has 0 unspecified atom stereocenters. The van der Waals surface area contributed by atoms with E-state index in [0.717, 1.165) is 0 Å². The Bertz CT molecular complexity index is 730. The fourth-order valence-electron chi connectivity index (χ4n) is 1.79. The maximum absolute atomic E-state index is 11.8. The fraction of sp³-hybridized carbons (Fsp3) is 0.118. The minimum absolute atomic E-state index is 0.190. The third-order valence-corrected chi connectivity index (χ3v) is 2.88. The van der Waals surface area contributed by atoms with Gasteiger partial charge in [-0.15, -0.1) is 0 Å². The molecule has 0 spiro atoms. The fourth-order valence-corrected chi connectivity index (χ4v) is 1.79. The highest BCUT2D eigenvalue weighted by Crippen LogP contribution is 2.06. The molecule has 1 aromatic carbocycles. The zero-order chi connectivity index (χ0) is 15.8. The number of nitrogens with zero attached hydrogens (tertiary/aromatic N) is 1. The van der Waals surface area contributed by atoms with Crippen molar-refractivity contribution in [1.29, 1.82) is 0 Å². The number of carbonyl (C=O) groups is 2. The second-order valence-corrected chi connectivity index (χ2v) is 4.35. The number of pyridine rings is 1. The summed E-state index contributed by atoms with van der Waals surface area (Å²) in [7, 11) is 1.57. The maximum Gasteiger partial charge on any atom is 0.253 e. The van der Waals surface area contributed by atoms with Crippen molar-refractivity contribution in [3.63, 3.8) is 0 Å². The van der Waals surface area contributed by atoms with Crippen LogP contribution in [-0.2, 0) is 0 Å². The van der Waals surface area contributed by atoms with E-state index in [2.05, 4.69) is 27.5 Å². The first-order chi connectivity index (χ1) is 10.7. The number of hydrogen-bond acceptors (Lipinski definition) is 3. The molecular formula is C17H15N3O2. The Labute approximate surface area is 128 Å². The maximum atomic E-state index is 11.8. The van der Waals surface area contributed by atoms with Crippen molar-refractivity contribution in [2.75, 3.05) is 13.6 Å². The molecule has 1 heterocycles. The Morgan fingerprint density at radius 2 is 1.95 bits per heavy atom. The summed E-state index contributed by atoms with van der Waals surface area (Å²) in [5.41, 5.74) is 1.61. The van der Waals surface area contributed by atoms with Gasteiger partial charge in [0.15, 0.2) is 0 Å². The number of carbonyl (C=O) groups excluding carboxylic acids is 2. The largest absolute Gasteiger partial charge is 0.355 e. The SMILES string of the molecule is CNC(=O)c1ccccc1C#CCNC(=O)c1cccnc1. The van der Waals surface area contributed by atoms with E-state index in [9.17, 15) is 9.59 Å². The summed E-state index contributed by atoms with van der Waals surface area (Å²) < 4.78 is 0. The molecule has 110 valence electrons. The summed E-state index contributed by atoms with van der Waals surface area (Å²) in [5, 5.41) is 5.25. The zero-order valence-electron chi connectivity index (χ0n) is 12.1. The number of rotatable bonds is 3. The first kappa shape index (κ1) is 15.3. The molecule has 5 heteroatoms. The highest BCUT2D eigenvalue weighted by atomic mass is 16.2. The molecule has 0 aliphatic rings. The van der Waals surface area contributed by atoms with Crippen LogP contribution in [0.4, 0.5) is 0 Å².